The van der Waals surface area contributed by atoms with E-state index in [1.807, 2.05) is 6.07 Å². The van der Waals surface area contributed by atoms with E-state index in [0.717, 1.165) is 14.8 Å². The maximum atomic E-state index is 12.4. The summed E-state index contributed by atoms with van der Waals surface area (Å²) in [6.07, 6.45) is 0. The van der Waals surface area contributed by atoms with Crippen LogP contribution in [-0.2, 0) is 16.1 Å². The molecule has 0 spiro atoms. The van der Waals surface area contributed by atoms with Gasteiger partial charge in [0.2, 0.25) is 5.91 Å². The second-order valence-corrected chi connectivity index (χ2v) is 7.29. The van der Waals surface area contributed by atoms with Crippen molar-refractivity contribution >= 4 is 49.9 Å². The number of esters is 1. The Kier molecular flexibility index (Phi) is 5.05. The molecule has 0 radical (unpaired) electrons. The number of anilines is 1. The normalized spacial score (nSPS) is 10.9. The molecule has 9 heteroatoms. The molecule has 0 unspecified atom stereocenters. The van der Waals surface area contributed by atoms with Gasteiger partial charge in [-0.15, -0.1) is 16.4 Å². The summed E-state index contributed by atoms with van der Waals surface area (Å²) in [5.74, 6) is -0.773. The van der Waals surface area contributed by atoms with Crippen LogP contribution in [0, 0.1) is 0 Å². The van der Waals surface area contributed by atoms with Crippen LogP contribution in [0.2, 0.25) is 0 Å². The fourth-order valence-corrected chi connectivity index (χ4v) is 3.82. The third kappa shape index (κ3) is 3.85. The quantitative estimate of drug-likeness (QED) is 0.510. The van der Waals surface area contributed by atoms with E-state index < -0.39 is 5.91 Å². The van der Waals surface area contributed by atoms with Gasteiger partial charge >= 0.3 is 5.97 Å². The molecular formula is C20H16N4O4S. The number of fused-ring (bicyclic) bond motifs is 2. The highest BCUT2D eigenvalue weighted by Gasteiger charge is 2.13. The van der Waals surface area contributed by atoms with E-state index in [2.05, 4.69) is 15.6 Å². The molecule has 0 aliphatic heterocycles. The molecular weight excluding hydrogens is 392 g/mol. The summed E-state index contributed by atoms with van der Waals surface area (Å²) < 4.78 is 6.95. The first-order valence-electron chi connectivity index (χ1n) is 8.88. The van der Waals surface area contributed by atoms with Gasteiger partial charge in [-0.1, -0.05) is 17.3 Å². The van der Waals surface area contributed by atoms with E-state index in [9.17, 15) is 14.4 Å². The zero-order chi connectivity index (χ0) is 20.4. The molecule has 146 valence electrons. The number of rotatable bonds is 5. The highest BCUT2D eigenvalue weighted by molar-refractivity contribution is 7.20. The van der Waals surface area contributed by atoms with Crippen molar-refractivity contribution < 1.29 is 14.3 Å². The zero-order valence-electron chi connectivity index (χ0n) is 15.4. The highest BCUT2D eigenvalue weighted by Crippen LogP contribution is 2.28. The van der Waals surface area contributed by atoms with Crippen molar-refractivity contribution in [3.63, 3.8) is 0 Å². The van der Waals surface area contributed by atoms with Crippen molar-refractivity contribution in [2.75, 3.05) is 11.9 Å². The molecule has 0 saturated carbocycles. The van der Waals surface area contributed by atoms with Crippen LogP contribution in [0.15, 0.2) is 53.3 Å². The number of thiophene rings is 1. The first-order valence-corrected chi connectivity index (χ1v) is 9.70. The Bertz CT molecular complexity index is 1290. The van der Waals surface area contributed by atoms with Crippen molar-refractivity contribution in [3.8, 4) is 0 Å². The summed E-state index contributed by atoms with van der Waals surface area (Å²) in [6, 6.07) is 13.9. The first-order chi connectivity index (χ1) is 14.0. The largest absolute Gasteiger partial charge is 0.462 e. The molecule has 8 nitrogen and oxygen atoms in total. The molecule has 29 heavy (non-hydrogen) atoms. The van der Waals surface area contributed by atoms with Crippen LogP contribution in [0.4, 0.5) is 5.69 Å². The van der Waals surface area contributed by atoms with E-state index in [1.54, 1.807) is 49.4 Å². The summed E-state index contributed by atoms with van der Waals surface area (Å²) in [6.45, 7) is 1.81. The van der Waals surface area contributed by atoms with E-state index >= 15 is 0 Å². The summed E-state index contributed by atoms with van der Waals surface area (Å²) in [5.41, 5.74) is 0.657. The van der Waals surface area contributed by atoms with Gasteiger partial charge in [-0.2, -0.15) is 0 Å². The molecule has 0 bridgehead atoms. The average molecular weight is 408 g/mol. The SMILES string of the molecule is CCOC(=O)c1cc2cc(NC(=O)Cn3nnc4ccccc4c3=O)ccc2s1. The summed E-state index contributed by atoms with van der Waals surface area (Å²) in [5, 5.41) is 11.8. The molecule has 4 aromatic rings. The summed E-state index contributed by atoms with van der Waals surface area (Å²) in [4.78, 5) is 37.2. The molecule has 0 fully saturated rings. The number of benzene rings is 2. The van der Waals surface area contributed by atoms with E-state index in [-0.39, 0.29) is 18.1 Å². The van der Waals surface area contributed by atoms with Crippen LogP contribution in [0.3, 0.4) is 0 Å². The predicted octanol–water partition coefficient (Wildman–Crippen LogP) is 2.82. The monoisotopic (exact) mass is 408 g/mol. The summed E-state index contributed by atoms with van der Waals surface area (Å²) >= 11 is 1.33. The number of aromatic nitrogens is 3. The Morgan fingerprint density at radius 2 is 2.00 bits per heavy atom. The van der Waals surface area contributed by atoms with Crippen LogP contribution in [0.25, 0.3) is 21.0 Å². The number of amides is 1. The van der Waals surface area contributed by atoms with Gasteiger partial charge in [0.05, 0.1) is 12.0 Å². The minimum Gasteiger partial charge on any atom is -0.462 e. The molecule has 0 atom stereocenters. The van der Waals surface area contributed by atoms with Crippen molar-refractivity contribution in [1.29, 1.82) is 0 Å². The lowest BCUT2D eigenvalue weighted by Gasteiger charge is -2.07. The topological polar surface area (TPSA) is 103 Å². The van der Waals surface area contributed by atoms with Gasteiger partial charge in [-0.05, 0) is 48.7 Å². The van der Waals surface area contributed by atoms with Crippen LogP contribution >= 0.6 is 11.3 Å². The molecule has 2 aromatic carbocycles. The van der Waals surface area contributed by atoms with Gasteiger partial charge < -0.3 is 10.1 Å². The number of carbonyl (C=O) groups is 2. The Hall–Kier alpha value is -3.59. The van der Waals surface area contributed by atoms with Crippen LogP contribution < -0.4 is 10.9 Å². The Morgan fingerprint density at radius 3 is 2.83 bits per heavy atom. The Balaban J connectivity index is 1.52. The number of nitrogens with one attached hydrogen (secondary N) is 1. The second kappa shape index (κ2) is 7.80. The lowest BCUT2D eigenvalue weighted by atomic mass is 10.2. The van der Waals surface area contributed by atoms with E-state index in [1.165, 1.54) is 11.3 Å². The molecule has 2 heterocycles. The third-order valence-electron chi connectivity index (χ3n) is 4.20. The average Bonchev–Trinajstić information content (AvgIpc) is 3.14. The maximum Gasteiger partial charge on any atom is 0.348 e. The van der Waals surface area contributed by atoms with Crippen LogP contribution in [0.1, 0.15) is 16.6 Å². The molecule has 0 saturated heterocycles. The first kappa shape index (κ1) is 18.8. The standard InChI is InChI=1S/C20H16N4O4S/c1-2-28-20(27)17-10-12-9-13(7-8-16(12)29-17)21-18(25)11-24-19(26)14-5-3-4-6-15(14)22-23-24/h3-10H,2,11H2,1H3,(H,21,25). The van der Waals surface area contributed by atoms with Crippen LogP contribution in [-0.4, -0.2) is 33.5 Å². The predicted molar refractivity (Wildman–Crippen MR) is 110 cm³/mol. The minimum absolute atomic E-state index is 0.258. The second-order valence-electron chi connectivity index (χ2n) is 6.20. The third-order valence-corrected chi connectivity index (χ3v) is 5.30. The summed E-state index contributed by atoms with van der Waals surface area (Å²) in [7, 11) is 0. The number of carbonyl (C=O) groups excluding carboxylic acids is 2. The molecule has 2 aromatic heterocycles. The van der Waals surface area contributed by atoms with E-state index in [4.69, 9.17) is 4.74 Å². The zero-order valence-corrected chi connectivity index (χ0v) is 16.2. The van der Waals surface area contributed by atoms with Crippen molar-refractivity contribution in [1.82, 2.24) is 15.0 Å². The minimum atomic E-state index is -0.406. The van der Waals surface area contributed by atoms with Crippen molar-refractivity contribution in [3.05, 3.63) is 63.8 Å². The van der Waals surface area contributed by atoms with Gasteiger partial charge in [-0.25, -0.2) is 9.48 Å². The van der Waals surface area contributed by atoms with Gasteiger partial charge in [0, 0.05) is 10.4 Å². The lowest BCUT2D eigenvalue weighted by molar-refractivity contribution is -0.117. The number of hydrogen-bond donors (Lipinski definition) is 1. The Labute approximate surface area is 168 Å². The fourth-order valence-electron chi connectivity index (χ4n) is 2.89. The molecule has 4 rings (SSSR count). The van der Waals surface area contributed by atoms with E-state index in [0.29, 0.717) is 28.1 Å². The molecule has 1 N–H and O–H groups in total. The fraction of sp³-hybridized carbons (Fsp3) is 0.150. The van der Waals surface area contributed by atoms with Crippen molar-refractivity contribution in [2.24, 2.45) is 0 Å². The highest BCUT2D eigenvalue weighted by atomic mass is 32.1. The molecule has 0 aliphatic carbocycles. The maximum absolute atomic E-state index is 12.4. The lowest BCUT2D eigenvalue weighted by Crippen LogP contribution is -2.30. The van der Waals surface area contributed by atoms with Crippen LogP contribution in [0.5, 0.6) is 0 Å². The number of nitrogens with zero attached hydrogens (tertiary/aromatic N) is 3. The molecule has 0 aliphatic rings. The van der Waals surface area contributed by atoms with Gasteiger partial charge in [0.25, 0.3) is 5.56 Å². The molecule has 1 amide bonds. The smallest absolute Gasteiger partial charge is 0.348 e. The van der Waals surface area contributed by atoms with Gasteiger partial charge in [0.15, 0.2) is 0 Å². The number of ether oxygens (including phenoxy) is 1. The van der Waals surface area contributed by atoms with Gasteiger partial charge in [-0.3, -0.25) is 9.59 Å². The van der Waals surface area contributed by atoms with Gasteiger partial charge in [0.1, 0.15) is 16.9 Å². The number of hydrogen-bond acceptors (Lipinski definition) is 7. The Morgan fingerprint density at radius 1 is 1.17 bits per heavy atom. The van der Waals surface area contributed by atoms with Crippen molar-refractivity contribution in [2.45, 2.75) is 13.5 Å².